The lowest BCUT2D eigenvalue weighted by Crippen LogP contribution is -2.47. The molecule has 3 heteroatoms. The Balaban J connectivity index is 2.27. The number of nitrogens with one attached hydrogen (secondary N) is 1. The van der Waals surface area contributed by atoms with Crippen LogP contribution in [0, 0.1) is 6.92 Å². The van der Waals surface area contributed by atoms with Gasteiger partial charge in [-0.3, -0.25) is 4.79 Å². The Morgan fingerprint density at radius 2 is 2.44 bits per heavy atom. The van der Waals surface area contributed by atoms with E-state index in [9.17, 15) is 4.79 Å². The molecule has 0 saturated carbocycles. The molecule has 1 aromatic rings. The Kier molecular flexibility index (Phi) is 3.45. The smallest absolute Gasteiger partial charge is 0.183 e. The molecule has 1 aromatic heterocycles. The van der Waals surface area contributed by atoms with E-state index in [4.69, 9.17) is 0 Å². The zero-order valence-electron chi connectivity index (χ0n) is 10.0. The second-order valence-electron chi connectivity index (χ2n) is 4.58. The molecule has 1 saturated heterocycles. The molecule has 88 valence electrons. The van der Waals surface area contributed by atoms with Gasteiger partial charge in [0, 0.05) is 10.4 Å². The highest BCUT2D eigenvalue weighted by Gasteiger charge is 2.40. The van der Waals surface area contributed by atoms with E-state index in [0.717, 1.165) is 42.7 Å². The minimum Gasteiger partial charge on any atom is -0.305 e. The van der Waals surface area contributed by atoms with Gasteiger partial charge in [0.05, 0.1) is 5.54 Å². The molecule has 2 nitrogen and oxygen atoms in total. The fourth-order valence-electron chi connectivity index (χ4n) is 2.63. The molecule has 1 N–H and O–H groups in total. The van der Waals surface area contributed by atoms with Crippen molar-refractivity contribution in [1.29, 1.82) is 0 Å². The van der Waals surface area contributed by atoms with Gasteiger partial charge in [0.1, 0.15) is 0 Å². The summed E-state index contributed by atoms with van der Waals surface area (Å²) in [4.78, 5) is 13.7. The standard InChI is InChI=1S/C13H19NOS/c1-3-6-13(7-4-8-14-13)12(15)11-5-9-16-10(11)2/h5,9,14H,3-4,6-8H2,1-2H3. The molecule has 0 aliphatic carbocycles. The number of rotatable bonds is 4. The summed E-state index contributed by atoms with van der Waals surface area (Å²) in [6, 6.07) is 1.97. The first-order valence-electron chi connectivity index (χ1n) is 6.03. The maximum Gasteiger partial charge on any atom is 0.183 e. The van der Waals surface area contributed by atoms with Crippen LogP contribution in [0.4, 0.5) is 0 Å². The molecular formula is C13H19NOS. The van der Waals surface area contributed by atoms with Gasteiger partial charge < -0.3 is 5.32 Å². The van der Waals surface area contributed by atoms with Crippen LogP contribution in [0.5, 0.6) is 0 Å². The van der Waals surface area contributed by atoms with Gasteiger partial charge in [0.2, 0.25) is 0 Å². The first kappa shape index (κ1) is 11.8. The van der Waals surface area contributed by atoms with Gasteiger partial charge in [-0.2, -0.15) is 0 Å². The third-order valence-corrected chi connectivity index (χ3v) is 4.30. The van der Waals surface area contributed by atoms with Crippen LogP contribution in [0.25, 0.3) is 0 Å². The molecular weight excluding hydrogens is 218 g/mol. The minimum absolute atomic E-state index is 0.263. The summed E-state index contributed by atoms with van der Waals surface area (Å²) < 4.78 is 0. The highest BCUT2D eigenvalue weighted by atomic mass is 32.1. The summed E-state index contributed by atoms with van der Waals surface area (Å²) in [5, 5.41) is 5.45. The summed E-state index contributed by atoms with van der Waals surface area (Å²) in [5.41, 5.74) is 0.661. The summed E-state index contributed by atoms with van der Waals surface area (Å²) in [6.07, 6.45) is 4.13. The van der Waals surface area contributed by atoms with Crippen molar-refractivity contribution in [2.24, 2.45) is 0 Å². The molecule has 0 aromatic carbocycles. The van der Waals surface area contributed by atoms with Crippen molar-refractivity contribution in [2.75, 3.05) is 6.54 Å². The van der Waals surface area contributed by atoms with Crippen LogP contribution in [0.2, 0.25) is 0 Å². The Bertz CT molecular complexity index is 377. The average Bonchev–Trinajstić information content (AvgIpc) is 2.87. The maximum atomic E-state index is 12.6. The zero-order valence-corrected chi connectivity index (χ0v) is 10.8. The number of carbonyl (C=O) groups excluding carboxylic acids is 1. The number of ketones is 1. The normalized spacial score (nSPS) is 24.9. The molecule has 1 unspecified atom stereocenters. The first-order chi connectivity index (χ1) is 7.69. The topological polar surface area (TPSA) is 29.1 Å². The van der Waals surface area contributed by atoms with E-state index in [2.05, 4.69) is 12.2 Å². The Morgan fingerprint density at radius 3 is 2.94 bits per heavy atom. The molecule has 0 bridgehead atoms. The molecule has 16 heavy (non-hydrogen) atoms. The minimum atomic E-state index is -0.263. The largest absolute Gasteiger partial charge is 0.305 e. The number of thiophene rings is 1. The highest BCUT2D eigenvalue weighted by Crippen LogP contribution is 2.31. The summed E-state index contributed by atoms with van der Waals surface area (Å²) in [5.74, 6) is 0.311. The van der Waals surface area contributed by atoms with E-state index >= 15 is 0 Å². The van der Waals surface area contributed by atoms with Gasteiger partial charge in [-0.1, -0.05) is 13.3 Å². The fraction of sp³-hybridized carbons (Fsp3) is 0.615. The van der Waals surface area contributed by atoms with Crippen molar-refractivity contribution in [2.45, 2.75) is 45.1 Å². The third-order valence-electron chi connectivity index (χ3n) is 3.46. The quantitative estimate of drug-likeness (QED) is 0.815. The van der Waals surface area contributed by atoms with Gasteiger partial charge in [-0.15, -0.1) is 11.3 Å². The van der Waals surface area contributed by atoms with Crippen LogP contribution in [0.1, 0.15) is 47.8 Å². The molecule has 1 atom stereocenters. The van der Waals surface area contributed by atoms with Crippen LogP contribution in [-0.4, -0.2) is 17.9 Å². The van der Waals surface area contributed by atoms with Gasteiger partial charge >= 0.3 is 0 Å². The van der Waals surface area contributed by atoms with Gasteiger partial charge in [-0.25, -0.2) is 0 Å². The Labute approximate surface area is 101 Å². The van der Waals surface area contributed by atoms with E-state index in [1.807, 2.05) is 18.4 Å². The van der Waals surface area contributed by atoms with E-state index < -0.39 is 0 Å². The molecule has 0 spiro atoms. The lowest BCUT2D eigenvalue weighted by atomic mass is 9.84. The van der Waals surface area contributed by atoms with Crippen LogP contribution < -0.4 is 5.32 Å². The van der Waals surface area contributed by atoms with Crippen molar-refractivity contribution in [3.05, 3.63) is 21.9 Å². The predicted molar refractivity (Wildman–Crippen MR) is 68.3 cm³/mol. The number of carbonyl (C=O) groups is 1. The number of Topliss-reactive ketones (excluding diaryl/α,β-unsaturated/α-hetero) is 1. The number of aryl methyl sites for hydroxylation is 1. The third kappa shape index (κ3) is 1.94. The first-order valence-corrected chi connectivity index (χ1v) is 6.91. The van der Waals surface area contributed by atoms with Crippen molar-refractivity contribution in [3.8, 4) is 0 Å². The fourth-order valence-corrected chi connectivity index (χ4v) is 3.33. The van der Waals surface area contributed by atoms with Crippen LogP contribution in [0.3, 0.4) is 0 Å². The van der Waals surface area contributed by atoms with Crippen LogP contribution in [0.15, 0.2) is 11.4 Å². The van der Waals surface area contributed by atoms with Crippen molar-refractivity contribution < 1.29 is 4.79 Å². The molecule has 2 heterocycles. The molecule has 1 fully saturated rings. The van der Waals surface area contributed by atoms with E-state index in [-0.39, 0.29) is 5.54 Å². The number of hydrogen-bond donors (Lipinski definition) is 1. The summed E-state index contributed by atoms with van der Waals surface area (Å²) in [6.45, 7) is 5.16. The maximum absolute atomic E-state index is 12.6. The molecule has 0 amide bonds. The van der Waals surface area contributed by atoms with Crippen molar-refractivity contribution >= 4 is 17.1 Å². The zero-order chi connectivity index (χ0) is 11.6. The molecule has 1 aliphatic rings. The second kappa shape index (κ2) is 4.68. The van der Waals surface area contributed by atoms with Gasteiger partial charge in [-0.05, 0) is 44.2 Å². The summed E-state index contributed by atoms with van der Waals surface area (Å²) >= 11 is 1.66. The second-order valence-corrected chi connectivity index (χ2v) is 5.70. The lowest BCUT2D eigenvalue weighted by molar-refractivity contribution is 0.0857. The predicted octanol–water partition coefficient (Wildman–Crippen LogP) is 3.16. The lowest BCUT2D eigenvalue weighted by Gasteiger charge is -2.27. The van der Waals surface area contributed by atoms with E-state index in [1.54, 1.807) is 11.3 Å². The molecule has 2 rings (SSSR count). The monoisotopic (exact) mass is 237 g/mol. The van der Waals surface area contributed by atoms with Gasteiger partial charge in [0.15, 0.2) is 5.78 Å². The molecule has 1 aliphatic heterocycles. The molecule has 0 radical (unpaired) electrons. The number of hydrogen-bond acceptors (Lipinski definition) is 3. The summed E-state index contributed by atoms with van der Waals surface area (Å²) in [7, 11) is 0. The van der Waals surface area contributed by atoms with Crippen molar-refractivity contribution in [1.82, 2.24) is 5.32 Å². The average molecular weight is 237 g/mol. The van der Waals surface area contributed by atoms with E-state index in [0.29, 0.717) is 5.78 Å². The Hall–Kier alpha value is -0.670. The van der Waals surface area contributed by atoms with Gasteiger partial charge in [0.25, 0.3) is 0 Å². The Morgan fingerprint density at radius 1 is 1.62 bits per heavy atom. The van der Waals surface area contributed by atoms with Crippen molar-refractivity contribution in [3.63, 3.8) is 0 Å². The van der Waals surface area contributed by atoms with Crippen LogP contribution in [-0.2, 0) is 0 Å². The van der Waals surface area contributed by atoms with E-state index in [1.165, 1.54) is 0 Å². The SMILES string of the molecule is CCCC1(C(=O)c2ccsc2C)CCCN1. The highest BCUT2D eigenvalue weighted by molar-refractivity contribution is 7.10. The van der Waals surface area contributed by atoms with Crippen LogP contribution >= 0.6 is 11.3 Å².